The molecule has 20 heavy (non-hydrogen) atoms. The Hall–Kier alpha value is -1.60. The van der Waals surface area contributed by atoms with Crippen LogP contribution in [0.1, 0.15) is 59.0 Å². The molecule has 1 fully saturated rings. The smallest absolute Gasteiger partial charge is 0.0554 e. The van der Waals surface area contributed by atoms with Gasteiger partial charge in [-0.25, -0.2) is 0 Å². The van der Waals surface area contributed by atoms with E-state index in [4.69, 9.17) is 5.73 Å². The van der Waals surface area contributed by atoms with Crippen molar-refractivity contribution in [1.29, 1.82) is 0 Å². The quantitative estimate of drug-likeness (QED) is 0.861. The van der Waals surface area contributed by atoms with Gasteiger partial charge < -0.3 is 5.73 Å². The van der Waals surface area contributed by atoms with Crippen molar-refractivity contribution in [3.8, 4) is 0 Å². The third-order valence-corrected chi connectivity index (χ3v) is 4.62. The highest BCUT2D eigenvalue weighted by Crippen LogP contribution is 2.37. The molecule has 1 aliphatic carbocycles. The summed E-state index contributed by atoms with van der Waals surface area (Å²) in [7, 11) is 0. The maximum absolute atomic E-state index is 6.51. The van der Waals surface area contributed by atoms with Crippen LogP contribution in [0.5, 0.6) is 0 Å². The number of benzene rings is 2. The Morgan fingerprint density at radius 2 is 1.85 bits per heavy atom. The summed E-state index contributed by atoms with van der Waals surface area (Å²) in [4.78, 5) is 0. The molecule has 0 heterocycles. The molecule has 2 N–H and O–H groups in total. The van der Waals surface area contributed by atoms with Crippen LogP contribution in [0.25, 0.3) is 0 Å². The Morgan fingerprint density at radius 3 is 2.55 bits per heavy atom. The first kappa shape index (κ1) is 13.4. The summed E-state index contributed by atoms with van der Waals surface area (Å²) < 4.78 is 0. The molecule has 3 rings (SSSR count). The Labute approximate surface area is 121 Å². The van der Waals surface area contributed by atoms with Gasteiger partial charge >= 0.3 is 0 Å². The lowest BCUT2D eigenvalue weighted by Gasteiger charge is -2.27. The van der Waals surface area contributed by atoms with Gasteiger partial charge in [-0.3, -0.25) is 0 Å². The summed E-state index contributed by atoms with van der Waals surface area (Å²) in [5.41, 5.74) is 13.0. The van der Waals surface area contributed by atoms with E-state index in [0.717, 1.165) is 5.92 Å². The third-order valence-electron chi connectivity index (χ3n) is 4.62. The minimum absolute atomic E-state index is 0.0186. The van der Waals surface area contributed by atoms with Crippen LogP contribution in [-0.4, -0.2) is 0 Å². The normalized spacial score (nSPS) is 16.8. The number of aryl methyl sites for hydroxylation is 2. The fraction of sp³-hybridized carbons (Fsp3) is 0.368. The summed E-state index contributed by atoms with van der Waals surface area (Å²) >= 11 is 0. The molecule has 1 heteroatoms. The third kappa shape index (κ3) is 2.51. The molecule has 1 unspecified atom stereocenters. The summed E-state index contributed by atoms with van der Waals surface area (Å²) in [5, 5.41) is 0. The molecule has 1 saturated carbocycles. The Kier molecular flexibility index (Phi) is 3.62. The van der Waals surface area contributed by atoms with E-state index in [1.165, 1.54) is 47.1 Å². The van der Waals surface area contributed by atoms with Gasteiger partial charge in [0.15, 0.2) is 0 Å². The first-order chi connectivity index (χ1) is 9.65. The standard InChI is InChI=1S/C19H23N/c1-13-9-10-14(2)18(11-13)19(20)17-8-4-7-16(12-17)15-5-3-6-15/h4,7-12,15,19H,3,5-6,20H2,1-2H3. The van der Waals surface area contributed by atoms with E-state index in [1.54, 1.807) is 0 Å². The van der Waals surface area contributed by atoms with Crippen LogP contribution in [0.2, 0.25) is 0 Å². The van der Waals surface area contributed by atoms with E-state index >= 15 is 0 Å². The Bertz CT molecular complexity index is 611. The molecule has 1 atom stereocenters. The molecule has 0 radical (unpaired) electrons. The molecule has 1 aliphatic rings. The van der Waals surface area contributed by atoms with Crippen molar-refractivity contribution in [3.63, 3.8) is 0 Å². The van der Waals surface area contributed by atoms with Crippen LogP contribution in [-0.2, 0) is 0 Å². The van der Waals surface area contributed by atoms with Crippen molar-refractivity contribution in [2.24, 2.45) is 5.73 Å². The van der Waals surface area contributed by atoms with Crippen molar-refractivity contribution in [1.82, 2.24) is 0 Å². The lowest BCUT2D eigenvalue weighted by atomic mass is 9.79. The average Bonchev–Trinajstić information content (AvgIpc) is 2.39. The maximum atomic E-state index is 6.51. The van der Waals surface area contributed by atoms with E-state index in [0.29, 0.717) is 0 Å². The van der Waals surface area contributed by atoms with Gasteiger partial charge in [0.05, 0.1) is 6.04 Å². The van der Waals surface area contributed by atoms with E-state index in [-0.39, 0.29) is 6.04 Å². The maximum Gasteiger partial charge on any atom is 0.0554 e. The van der Waals surface area contributed by atoms with Gasteiger partial charge in [-0.1, -0.05) is 54.4 Å². The highest BCUT2D eigenvalue weighted by Gasteiger charge is 2.20. The number of rotatable bonds is 3. The van der Waals surface area contributed by atoms with Gasteiger partial charge in [-0.2, -0.15) is 0 Å². The van der Waals surface area contributed by atoms with Crippen molar-refractivity contribution in [3.05, 3.63) is 70.3 Å². The second-order valence-electron chi connectivity index (χ2n) is 6.14. The predicted octanol–water partition coefficient (Wildman–Crippen LogP) is 4.62. The molecule has 104 valence electrons. The molecular formula is C19H23N. The summed E-state index contributed by atoms with van der Waals surface area (Å²) in [6, 6.07) is 15.4. The van der Waals surface area contributed by atoms with Gasteiger partial charge in [0, 0.05) is 0 Å². The highest BCUT2D eigenvalue weighted by atomic mass is 14.6. The molecule has 2 aromatic rings. The molecule has 0 spiro atoms. The first-order valence-corrected chi connectivity index (χ1v) is 7.58. The highest BCUT2D eigenvalue weighted by molar-refractivity contribution is 5.40. The van der Waals surface area contributed by atoms with Crippen LogP contribution in [0.3, 0.4) is 0 Å². The predicted molar refractivity (Wildman–Crippen MR) is 85.0 cm³/mol. The molecular weight excluding hydrogens is 242 g/mol. The average molecular weight is 265 g/mol. The zero-order valence-corrected chi connectivity index (χ0v) is 12.4. The number of nitrogens with two attached hydrogens (primary N) is 1. The summed E-state index contributed by atoms with van der Waals surface area (Å²) in [5.74, 6) is 0.765. The van der Waals surface area contributed by atoms with E-state index < -0.39 is 0 Å². The SMILES string of the molecule is Cc1ccc(C)c(C(N)c2cccc(C3CCC3)c2)c1. The molecule has 0 amide bonds. The van der Waals surface area contributed by atoms with Crippen LogP contribution in [0, 0.1) is 13.8 Å². The largest absolute Gasteiger partial charge is 0.320 e. The van der Waals surface area contributed by atoms with Gasteiger partial charge in [0.1, 0.15) is 0 Å². The van der Waals surface area contributed by atoms with Crippen LogP contribution >= 0.6 is 0 Å². The van der Waals surface area contributed by atoms with E-state index in [1.807, 2.05) is 0 Å². The second kappa shape index (κ2) is 5.41. The molecule has 0 aliphatic heterocycles. The fourth-order valence-electron chi connectivity index (χ4n) is 3.02. The lowest BCUT2D eigenvalue weighted by molar-refractivity contribution is 0.419. The van der Waals surface area contributed by atoms with E-state index in [9.17, 15) is 0 Å². The van der Waals surface area contributed by atoms with Crippen LogP contribution in [0.4, 0.5) is 0 Å². The monoisotopic (exact) mass is 265 g/mol. The lowest BCUT2D eigenvalue weighted by Crippen LogP contribution is -2.15. The molecule has 0 bridgehead atoms. The zero-order valence-electron chi connectivity index (χ0n) is 12.4. The number of hydrogen-bond acceptors (Lipinski definition) is 1. The van der Waals surface area contributed by atoms with Crippen LogP contribution in [0.15, 0.2) is 42.5 Å². The van der Waals surface area contributed by atoms with Crippen molar-refractivity contribution in [2.75, 3.05) is 0 Å². The topological polar surface area (TPSA) is 26.0 Å². The Balaban J connectivity index is 1.93. The molecule has 0 saturated heterocycles. The van der Waals surface area contributed by atoms with Crippen molar-refractivity contribution in [2.45, 2.75) is 45.1 Å². The summed E-state index contributed by atoms with van der Waals surface area (Å²) in [6.07, 6.45) is 4.04. The zero-order chi connectivity index (χ0) is 14.1. The molecule has 1 nitrogen and oxygen atoms in total. The van der Waals surface area contributed by atoms with Gasteiger partial charge in [-0.15, -0.1) is 0 Å². The number of hydrogen-bond donors (Lipinski definition) is 1. The molecule has 2 aromatic carbocycles. The summed E-state index contributed by atoms with van der Waals surface area (Å²) in [6.45, 7) is 4.27. The fourth-order valence-corrected chi connectivity index (χ4v) is 3.02. The van der Waals surface area contributed by atoms with E-state index in [2.05, 4.69) is 56.3 Å². The second-order valence-corrected chi connectivity index (χ2v) is 6.14. The minimum Gasteiger partial charge on any atom is -0.320 e. The first-order valence-electron chi connectivity index (χ1n) is 7.58. The molecule has 0 aromatic heterocycles. The van der Waals surface area contributed by atoms with Crippen molar-refractivity contribution < 1.29 is 0 Å². The van der Waals surface area contributed by atoms with Gasteiger partial charge in [0.2, 0.25) is 0 Å². The minimum atomic E-state index is -0.0186. The van der Waals surface area contributed by atoms with Gasteiger partial charge in [0.25, 0.3) is 0 Å². The van der Waals surface area contributed by atoms with Crippen LogP contribution < -0.4 is 5.73 Å². The van der Waals surface area contributed by atoms with Gasteiger partial charge in [-0.05, 0) is 54.9 Å². The Morgan fingerprint density at radius 1 is 1.05 bits per heavy atom. The van der Waals surface area contributed by atoms with Crippen molar-refractivity contribution >= 4 is 0 Å².